The van der Waals surface area contributed by atoms with Gasteiger partial charge in [-0.2, -0.15) is 5.10 Å². The molecule has 0 radical (unpaired) electrons. The van der Waals surface area contributed by atoms with Crippen molar-refractivity contribution in [2.24, 2.45) is 5.92 Å². The number of ether oxygens (including phenoxy) is 1. The number of hydrogen-bond acceptors (Lipinski definition) is 4. The van der Waals surface area contributed by atoms with Crippen LogP contribution in [0.1, 0.15) is 37.0 Å². The predicted molar refractivity (Wildman–Crippen MR) is 101 cm³/mol. The number of aromatic amines is 1. The van der Waals surface area contributed by atoms with E-state index in [4.69, 9.17) is 4.74 Å². The van der Waals surface area contributed by atoms with E-state index in [9.17, 15) is 9.59 Å². The molecule has 2 heterocycles. The summed E-state index contributed by atoms with van der Waals surface area (Å²) in [6, 6.07) is 10.7. The summed E-state index contributed by atoms with van der Waals surface area (Å²) in [4.78, 5) is 28.8. The summed E-state index contributed by atoms with van der Waals surface area (Å²) < 4.78 is 5.66. The van der Waals surface area contributed by atoms with Crippen LogP contribution >= 0.6 is 0 Å². The summed E-state index contributed by atoms with van der Waals surface area (Å²) in [7, 11) is 0. The zero-order chi connectivity index (χ0) is 19.4. The number of H-pyrrole nitrogens is 1. The monoisotopic (exact) mass is 370 g/mol. The van der Waals surface area contributed by atoms with Crippen LogP contribution in [0.3, 0.4) is 0 Å². The smallest absolute Gasteiger partial charge is 0.275 e. The fraction of sp³-hybridized carbons (Fsp3) is 0.450. The van der Waals surface area contributed by atoms with Crippen LogP contribution in [0.25, 0.3) is 0 Å². The highest BCUT2D eigenvalue weighted by atomic mass is 16.5. The maximum Gasteiger partial charge on any atom is 0.275 e. The Balaban J connectivity index is 1.61. The van der Waals surface area contributed by atoms with Crippen molar-refractivity contribution in [2.45, 2.75) is 33.4 Å². The van der Waals surface area contributed by atoms with E-state index in [-0.39, 0.29) is 11.8 Å². The lowest BCUT2D eigenvalue weighted by Gasteiger charge is -2.39. The molecule has 1 aromatic heterocycles. The van der Waals surface area contributed by atoms with E-state index in [1.54, 1.807) is 17.9 Å². The van der Waals surface area contributed by atoms with Gasteiger partial charge in [0.2, 0.25) is 5.91 Å². The van der Waals surface area contributed by atoms with Crippen LogP contribution in [0, 0.1) is 5.92 Å². The maximum absolute atomic E-state index is 12.8. The minimum Gasteiger partial charge on any atom is -0.487 e. The lowest BCUT2D eigenvalue weighted by Crippen LogP contribution is -2.58. The highest BCUT2D eigenvalue weighted by Crippen LogP contribution is 2.17. The third kappa shape index (κ3) is 4.48. The van der Waals surface area contributed by atoms with Crippen LogP contribution in [-0.2, 0) is 11.4 Å². The van der Waals surface area contributed by atoms with Crippen LogP contribution in [-0.4, -0.2) is 57.5 Å². The van der Waals surface area contributed by atoms with E-state index >= 15 is 0 Å². The average molecular weight is 370 g/mol. The van der Waals surface area contributed by atoms with E-state index in [0.29, 0.717) is 43.5 Å². The number of nitrogens with zero attached hydrogens (tertiary/aromatic N) is 3. The highest BCUT2D eigenvalue weighted by Gasteiger charge is 2.35. The van der Waals surface area contributed by atoms with Crippen LogP contribution in [0.4, 0.5) is 0 Å². The van der Waals surface area contributed by atoms with Gasteiger partial charge in [-0.1, -0.05) is 32.0 Å². The van der Waals surface area contributed by atoms with Gasteiger partial charge >= 0.3 is 0 Å². The Hall–Kier alpha value is -2.83. The van der Waals surface area contributed by atoms with E-state index in [2.05, 4.69) is 24.0 Å². The molecule has 0 aliphatic carbocycles. The summed E-state index contributed by atoms with van der Waals surface area (Å²) in [5.41, 5.74) is 1.01. The number of rotatable bonds is 6. The Bertz CT molecular complexity index is 788. The summed E-state index contributed by atoms with van der Waals surface area (Å²) in [6.07, 6.45) is 0. The van der Waals surface area contributed by atoms with E-state index < -0.39 is 6.04 Å². The van der Waals surface area contributed by atoms with Gasteiger partial charge in [0.15, 0.2) is 5.69 Å². The van der Waals surface area contributed by atoms with Gasteiger partial charge in [0.25, 0.3) is 5.91 Å². The number of piperazine rings is 1. The Morgan fingerprint density at radius 2 is 2.04 bits per heavy atom. The topological polar surface area (TPSA) is 78.5 Å². The Morgan fingerprint density at radius 1 is 1.30 bits per heavy atom. The molecule has 1 aliphatic rings. The van der Waals surface area contributed by atoms with Gasteiger partial charge in [-0.05, 0) is 31.0 Å². The van der Waals surface area contributed by atoms with Crippen LogP contribution in [0.5, 0.6) is 5.75 Å². The molecule has 7 heteroatoms. The number of hydrogen-bond donors (Lipinski definition) is 1. The van der Waals surface area contributed by atoms with Gasteiger partial charge in [0, 0.05) is 19.6 Å². The molecule has 27 heavy (non-hydrogen) atoms. The van der Waals surface area contributed by atoms with Gasteiger partial charge in [0.1, 0.15) is 18.4 Å². The molecular formula is C20H26N4O3. The predicted octanol–water partition coefficient (Wildman–Crippen LogP) is 2.32. The molecule has 0 spiro atoms. The molecule has 1 aliphatic heterocycles. The molecular weight excluding hydrogens is 344 g/mol. The van der Waals surface area contributed by atoms with Gasteiger partial charge in [-0.3, -0.25) is 14.7 Å². The normalized spacial score (nSPS) is 17.5. The molecule has 0 saturated carbocycles. The second-order valence-electron chi connectivity index (χ2n) is 7.23. The van der Waals surface area contributed by atoms with Crippen molar-refractivity contribution in [3.63, 3.8) is 0 Å². The third-order valence-electron chi connectivity index (χ3n) is 4.58. The van der Waals surface area contributed by atoms with Crippen LogP contribution in [0.2, 0.25) is 0 Å². The molecule has 1 atom stereocenters. The summed E-state index contributed by atoms with van der Waals surface area (Å²) >= 11 is 0. The van der Waals surface area contributed by atoms with Crippen molar-refractivity contribution >= 4 is 11.8 Å². The zero-order valence-electron chi connectivity index (χ0n) is 16.0. The first-order chi connectivity index (χ1) is 13.0. The molecule has 0 bridgehead atoms. The van der Waals surface area contributed by atoms with Crippen molar-refractivity contribution < 1.29 is 14.3 Å². The van der Waals surface area contributed by atoms with E-state index in [0.717, 1.165) is 5.75 Å². The lowest BCUT2D eigenvalue weighted by molar-refractivity contribution is -0.140. The fourth-order valence-corrected chi connectivity index (χ4v) is 3.20. The molecule has 1 aromatic carbocycles. The van der Waals surface area contributed by atoms with Gasteiger partial charge in [-0.15, -0.1) is 0 Å². The Kier molecular flexibility index (Phi) is 5.78. The number of amides is 2. The molecule has 2 aromatic rings. The molecule has 3 rings (SSSR count). The maximum atomic E-state index is 12.8. The molecule has 144 valence electrons. The minimum atomic E-state index is -0.481. The number of nitrogens with one attached hydrogen (secondary N) is 1. The fourth-order valence-electron chi connectivity index (χ4n) is 3.20. The van der Waals surface area contributed by atoms with Crippen molar-refractivity contribution in [2.75, 3.05) is 19.6 Å². The molecule has 7 nitrogen and oxygen atoms in total. The standard InChI is InChI=1S/C20H26N4O3/c1-14(2)12-23-9-10-24(15(3)19(23)25)20(26)18-11-16(21-22-18)13-27-17-7-5-4-6-8-17/h4-8,11,14-15H,9-10,12-13H2,1-3H3,(H,21,22)/t15-/m0/s1. The van der Waals surface area contributed by atoms with E-state index in [1.165, 1.54) is 0 Å². The van der Waals surface area contributed by atoms with Crippen LogP contribution in [0.15, 0.2) is 36.4 Å². The minimum absolute atomic E-state index is 0.00790. The van der Waals surface area contributed by atoms with Gasteiger partial charge < -0.3 is 14.5 Å². The highest BCUT2D eigenvalue weighted by molar-refractivity contribution is 5.96. The Labute approximate surface area is 159 Å². The second kappa shape index (κ2) is 8.24. The molecule has 1 fully saturated rings. The van der Waals surface area contributed by atoms with Crippen molar-refractivity contribution in [3.05, 3.63) is 47.8 Å². The first-order valence-corrected chi connectivity index (χ1v) is 9.27. The second-order valence-corrected chi connectivity index (χ2v) is 7.23. The number of para-hydroxylation sites is 1. The van der Waals surface area contributed by atoms with Crippen molar-refractivity contribution in [3.8, 4) is 5.75 Å². The number of benzene rings is 1. The van der Waals surface area contributed by atoms with Crippen LogP contribution < -0.4 is 4.74 Å². The quantitative estimate of drug-likeness (QED) is 0.846. The van der Waals surface area contributed by atoms with Crippen molar-refractivity contribution in [1.82, 2.24) is 20.0 Å². The van der Waals surface area contributed by atoms with Gasteiger partial charge in [-0.25, -0.2) is 0 Å². The summed E-state index contributed by atoms with van der Waals surface area (Å²) in [6.45, 7) is 8.02. The lowest BCUT2D eigenvalue weighted by atomic mass is 10.1. The number of aromatic nitrogens is 2. The third-order valence-corrected chi connectivity index (χ3v) is 4.58. The van der Waals surface area contributed by atoms with Gasteiger partial charge in [0.05, 0.1) is 5.69 Å². The SMILES string of the molecule is CC(C)CN1CCN(C(=O)c2cc(COc3ccccc3)[nH]n2)[C@@H](C)C1=O. The summed E-state index contributed by atoms with van der Waals surface area (Å²) in [5, 5.41) is 6.95. The first-order valence-electron chi connectivity index (χ1n) is 9.27. The molecule has 1 N–H and O–H groups in total. The van der Waals surface area contributed by atoms with Crippen molar-refractivity contribution in [1.29, 1.82) is 0 Å². The number of carbonyl (C=O) groups excluding carboxylic acids is 2. The first kappa shape index (κ1) is 18.9. The largest absolute Gasteiger partial charge is 0.487 e. The van der Waals surface area contributed by atoms with E-state index in [1.807, 2.05) is 35.2 Å². The molecule has 1 saturated heterocycles. The molecule has 2 amide bonds. The average Bonchev–Trinajstić information content (AvgIpc) is 3.13. The zero-order valence-corrected chi connectivity index (χ0v) is 16.0. The number of carbonyl (C=O) groups is 2. The Morgan fingerprint density at radius 3 is 2.74 bits per heavy atom. The molecule has 0 unspecified atom stereocenters. The summed E-state index contributed by atoms with van der Waals surface area (Å²) in [5.74, 6) is 0.913.